The Kier molecular flexibility index (Phi) is 4.65. The van der Waals surface area contributed by atoms with E-state index in [2.05, 4.69) is 0 Å². The van der Waals surface area contributed by atoms with Crippen LogP contribution in [0.4, 0.5) is 0 Å². The van der Waals surface area contributed by atoms with Crippen molar-refractivity contribution in [3.8, 4) is 0 Å². The molecule has 0 radical (unpaired) electrons. The van der Waals surface area contributed by atoms with E-state index in [1.165, 1.54) is 25.2 Å². The van der Waals surface area contributed by atoms with Crippen molar-refractivity contribution in [2.24, 2.45) is 0 Å². The third-order valence-corrected chi connectivity index (χ3v) is 7.60. The van der Waals surface area contributed by atoms with Gasteiger partial charge in [0.25, 0.3) is 0 Å². The number of aliphatic hydroxyl groups excluding tert-OH is 1. The number of hydrogen-bond donors (Lipinski definition) is 1. The average molecular weight is 354 g/mol. The summed E-state index contributed by atoms with van der Waals surface area (Å²) in [6.45, 7) is -0.282. The normalized spacial score (nSPS) is 21.8. The minimum atomic E-state index is -3.82. The summed E-state index contributed by atoms with van der Waals surface area (Å²) in [4.78, 5) is -0.0171. The highest BCUT2D eigenvalue weighted by molar-refractivity contribution is 7.92. The standard InChI is InChI=1S/C12H16ClNO5S2/c1-14(10-4-5-20(16,17)8-10)21(18,19)11-3-2-9(7-15)12(13)6-11/h2-3,6,10,15H,4-5,7-8H2,1H3. The third kappa shape index (κ3) is 3.40. The third-order valence-electron chi connectivity index (χ3n) is 3.59. The Labute approximate surface area is 129 Å². The van der Waals surface area contributed by atoms with Crippen LogP contribution in [0.3, 0.4) is 0 Å². The molecule has 1 N–H and O–H groups in total. The first kappa shape index (κ1) is 16.7. The minimum absolute atomic E-state index is 0.00172. The zero-order valence-electron chi connectivity index (χ0n) is 11.4. The maximum atomic E-state index is 12.5. The predicted octanol–water partition coefficient (Wildman–Crippen LogP) is 0.640. The van der Waals surface area contributed by atoms with Gasteiger partial charge in [0.1, 0.15) is 0 Å². The maximum absolute atomic E-state index is 12.5. The highest BCUT2D eigenvalue weighted by atomic mass is 35.5. The minimum Gasteiger partial charge on any atom is -0.392 e. The summed E-state index contributed by atoms with van der Waals surface area (Å²) in [7, 11) is -5.61. The summed E-state index contributed by atoms with van der Waals surface area (Å²) in [6, 6.07) is 3.50. The van der Waals surface area contributed by atoms with Crippen molar-refractivity contribution in [3.05, 3.63) is 28.8 Å². The Morgan fingerprint density at radius 1 is 1.43 bits per heavy atom. The molecule has 0 amide bonds. The van der Waals surface area contributed by atoms with Gasteiger partial charge in [-0.2, -0.15) is 4.31 Å². The molecule has 0 saturated carbocycles. The number of aliphatic hydroxyl groups is 1. The lowest BCUT2D eigenvalue weighted by atomic mass is 10.2. The largest absolute Gasteiger partial charge is 0.392 e. The second-order valence-electron chi connectivity index (χ2n) is 4.99. The number of hydrogen-bond acceptors (Lipinski definition) is 5. The number of halogens is 1. The van der Waals surface area contributed by atoms with E-state index in [0.717, 1.165) is 4.31 Å². The molecule has 1 saturated heterocycles. The van der Waals surface area contributed by atoms with Gasteiger partial charge in [0.05, 0.1) is 23.0 Å². The molecule has 0 bridgehead atoms. The molecule has 1 fully saturated rings. The summed E-state index contributed by atoms with van der Waals surface area (Å²) >= 11 is 5.91. The monoisotopic (exact) mass is 353 g/mol. The van der Waals surface area contributed by atoms with Crippen LogP contribution in [0.1, 0.15) is 12.0 Å². The van der Waals surface area contributed by atoms with Crippen LogP contribution in [-0.4, -0.2) is 50.8 Å². The van der Waals surface area contributed by atoms with E-state index < -0.39 is 25.9 Å². The zero-order chi connectivity index (χ0) is 15.8. The fourth-order valence-electron chi connectivity index (χ4n) is 2.24. The lowest BCUT2D eigenvalue weighted by Crippen LogP contribution is -2.37. The van der Waals surface area contributed by atoms with Crippen LogP contribution >= 0.6 is 11.6 Å². The molecule has 9 heteroatoms. The molecule has 1 aliphatic heterocycles. The van der Waals surface area contributed by atoms with Crippen LogP contribution in [0.5, 0.6) is 0 Å². The molecule has 6 nitrogen and oxygen atoms in total. The second kappa shape index (κ2) is 5.85. The fraction of sp³-hybridized carbons (Fsp3) is 0.500. The highest BCUT2D eigenvalue weighted by Crippen LogP contribution is 2.26. The lowest BCUT2D eigenvalue weighted by Gasteiger charge is -2.23. The topological polar surface area (TPSA) is 91.8 Å². The molecule has 0 aliphatic carbocycles. The van der Waals surface area contributed by atoms with Crippen LogP contribution in [-0.2, 0) is 26.5 Å². The molecule has 0 spiro atoms. The molecule has 1 atom stereocenters. The van der Waals surface area contributed by atoms with Crippen LogP contribution in [0.25, 0.3) is 0 Å². The van der Waals surface area contributed by atoms with Crippen molar-refractivity contribution in [2.75, 3.05) is 18.6 Å². The Balaban J connectivity index is 2.31. The van der Waals surface area contributed by atoms with Crippen LogP contribution in [0, 0.1) is 0 Å². The summed E-state index contributed by atoms with van der Waals surface area (Å²) in [5.41, 5.74) is 0.432. The van der Waals surface area contributed by atoms with E-state index in [0.29, 0.717) is 12.0 Å². The van der Waals surface area contributed by atoms with Gasteiger partial charge in [0.2, 0.25) is 10.0 Å². The van der Waals surface area contributed by atoms with Gasteiger partial charge in [0.15, 0.2) is 9.84 Å². The number of sulfone groups is 1. The van der Waals surface area contributed by atoms with Crippen LogP contribution < -0.4 is 0 Å². The molecule has 2 rings (SSSR count). The first-order chi connectivity index (χ1) is 9.67. The molecule has 21 heavy (non-hydrogen) atoms. The highest BCUT2D eigenvalue weighted by Gasteiger charge is 2.36. The van der Waals surface area contributed by atoms with E-state index in [9.17, 15) is 16.8 Å². The Morgan fingerprint density at radius 2 is 2.10 bits per heavy atom. The molecule has 1 unspecified atom stereocenters. The van der Waals surface area contributed by atoms with Gasteiger partial charge in [-0.05, 0) is 24.1 Å². The van der Waals surface area contributed by atoms with E-state index >= 15 is 0 Å². The number of sulfonamides is 1. The molecule has 1 aromatic carbocycles. The number of nitrogens with zero attached hydrogens (tertiary/aromatic N) is 1. The van der Waals surface area contributed by atoms with Crippen molar-refractivity contribution in [1.29, 1.82) is 0 Å². The molecule has 0 aromatic heterocycles. The van der Waals surface area contributed by atoms with Gasteiger partial charge >= 0.3 is 0 Å². The zero-order valence-corrected chi connectivity index (χ0v) is 13.7. The van der Waals surface area contributed by atoms with Crippen molar-refractivity contribution in [3.63, 3.8) is 0 Å². The molecule has 118 valence electrons. The molecule has 1 heterocycles. The van der Waals surface area contributed by atoms with E-state index in [4.69, 9.17) is 16.7 Å². The van der Waals surface area contributed by atoms with Gasteiger partial charge in [-0.15, -0.1) is 0 Å². The number of benzene rings is 1. The van der Waals surface area contributed by atoms with Gasteiger partial charge in [-0.1, -0.05) is 17.7 Å². The van der Waals surface area contributed by atoms with Gasteiger partial charge in [-0.3, -0.25) is 0 Å². The Hall–Kier alpha value is -0.670. The maximum Gasteiger partial charge on any atom is 0.243 e. The number of rotatable bonds is 4. The summed E-state index contributed by atoms with van der Waals surface area (Å²) < 4.78 is 49.0. The molecular weight excluding hydrogens is 338 g/mol. The Bertz CT molecular complexity index is 745. The summed E-state index contributed by atoms with van der Waals surface area (Å²) in [6.07, 6.45) is 0.292. The van der Waals surface area contributed by atoms with Crippen LogP contribution in [0.2, 0.25) is 5.02 Å². The first-order valence-electron chi connectivity index (χ1n) is 6.25. The smallest absolute Gasteiger partial charge is 0.243 e. The van der Waals surface area contributed by atoms with Crippen molar-refractivity contribution in [2.45, 2.75) is 24.0 Å². The van der Waals surface area contributed by atoms with Gasteiger partial charge in [-0.25, -0.2) is 16.8 Å². The second-order valence-corrected chi connectivity index (χ2v) is 9.62. The van der Waals surface area contributed by atoms with Gasteiger partial charge < -0.3 is 5.11 Å². The first-order valence-corrected chi connectivity index (χ1v) is 9.89. The van der Waals surface area contributed by atoms with E-state index in [1.54, 1.807) is 0 Å². The average Bonchev–Trinajstić information content (AvgIpc) is 2.77. The summed E-state index contributed by atoms with van der Waals surface area (Å²) in [5, 5.41) is 9.20. The predicted molar refractivity (Wildman–Crippen MR) is 79.4 cm³/mol. The SMILES string of the molecule is CN(C1CCS(=O)(=O)C1)S(=O)(=O)c1ccc(CO)c(Cl)c1. The van der Waals surface area contributed by atoms with E-state index in [1.807, 2.05) is 0 Å². The fourth-order valence-corrected chi connectivity index (χ4v) is 5.83. The molecular formula is C12H16ClNO5S2. The van der Waals surface area contributed by atoms with Gasteiger partial charge in [0, 0.05) is 18.1 Å². The van der Waals surface area contributed by atoms with Crippen molar-refractivity contribution < 1.29 is 21.9 Å². The van der Waals surface area contributed by atoms with E-state index in [-0.39, 0.29) is 28.0 Å². The van der Waals surface area contributed by atoms with Crippen LogP contribution in [0.15, 0.2) is 23.1 Å². The van der Waals surface area contributed by atoms with Crippen molar-refractivity contribution >= 4 is 31.5 Å². The van der Waals surface area contributed by atoms with Crippen molar-refractivity contribution in [1.82, 2.24) is 4.31 Å². The molecule has 1 aromatic rings. The quantitative estimate of drug-likeness (QED) is 0.857. The lowest BCUT2D eigenvalue weighted by molar-refractivity contribution is 0.282. The molecule has 1 aliphatic rings. The summed E-state index contributed by atoms with van der Waals surface area (Å²) in [5.74, 6) is -0.160. The Morgan fingerprint density at radius 3 is 2.57 bits per heavy atom.